The molecule has 0 atom stereocenters. The molecule has 0 saturated heterocycles. The van der Waals surface area contributed by atoms with Crippen LogP contribution in [-0.4, -0.2) is 23.0 Å². The molecule has 0 saturated carbocycles. The summed E-state index contributed by atoms with van der Waals surface area (Å²) >= 11 is 3.51. The maximum absolute atomic E-state index is 10.8. The molecule has 19 heavy (non-hydrogen) atoms. The molecule has 0 fully saturated rings. The summed E-state index contributed by atoms with van der Waals surface area (Å²) in [5, 5.41) is 8.82. The first-order valence-corrected chi connectivity index (χ1v) is 6.58. The van der Waals surface area contributed by atoms with Gasteiger partial charge >= 0.3 is 5.97 Å². The van der Waals surface area contributed by atoms with Crippen molar-refractivity contribution >= 4 is 21.9 Å². The first-order valence-electron chi connectivity index (χ1n) is 5.79. The molecule has 2 rings (SSSR count). The van der Waals surface area contributed by atoms with Crippen LogP contribution in [0.3, 0.4) is 0 Å². The molecule has 0 aliphatic rings. The van der Waals surface area contributed by atoms with Gasteiger partial charge in [0.1, 0.15) is 12.0 Å². The predicted molar refractivity (Wildman–Crippen MR) is 75.0 cm³/mol. The molecule has 1 N–H and O–H groups in total. The Morgan fingerprint density at radius 1 is 1.37 bits per heavy atom. The fraction of sp³-hybridized carbons (Fsp3) is 0.214. The highest BCUT2D eigenvalue weighted by molar-refractivity contribution is 9.10. The van der Waals surface area contributed by atoms with Crippen molar-refractivity contribution in [2.75, 3.05) is 7.05 Å². The van der Waals surface area contributed by atoms with E-state index in [1.807, 2.05) is 31.3 Å². The van der Waals surface area contributed by atoms with Crippen molar-refractivity contribution < 1.29 is 14.3 Å². The van der Waals surface area contributed by atoms with E-state index < -0.39 is 5.97 Å². The molecule has 0 unspecified atom stereocenters. The average Bonchev–Trinajstić information content (AvgIpc) is 2.80. The van der Waals surface area contributed by atoms with Crippen molar-refractivity contribution in [3.05, 3.63) is 58.0 Å². The first-order chi connectivity index (χ1) is 9.06. The zero-order chi connectivity index (χ0) is 13.8. The minimum atomic E-state index is -0.969. The third-order valence-electron chi connectivity index (χ3n) is 2.72. The Bertz CT molecular complexity index is 580. The number of aromatic carboxylic acids is 1. The summed E-state index contributed by atoms with van der Waals surface area (Å²) in [4.78, 5) is 12.8. The second kappa shape index (κ2) is 6.04. The van der Waals surface area contributed by atoms with E-state index in [0.29, 0.717) is 12.3 Å². The molecule has 1 heterocycles. The summed E-state index contributed by atoms with van der Waals surface area (Å²) in [6.45, 7) is 1.32. The highest BCUT2D eigenvalue weighted by Gasteiger charge is 2.10. The summed E-state index contributed by atoms with van der Waals surface area (Å²) in [6, 6.07) is 9.56. The Morgan fingerprint density at radius 2 is 2.11 bits per heavy atom. The van der Waals surface area contributed by atoms with Crippen LogP contribution in [0.1, 0.15) is 21.7 Å². The molecular weight excluding hydrogens is 310 g/mol. The molecule has 0 aliphatic carbocycles. The molecule has 0 radical (unpaired) electrons. The predicted octanol–water partition coefficient (Wildman–Crippen LogP) is 3.37. The van der Waals surface area contributed by atoms with Gasteiger partial charge in [-0.25, -0.2) is 4.79 Å². The molecule has 4 nitrogen and oxygen atoms in total. The number of benzene rings is 1. The Hall–Kier alpha value is -1.59. The normalized spacial score (nSPS) is 10.9. The molecule has 1 aromatic heterocycles. The lowest BCUT2D eigenvalue weighted by atomic mass is 10.2. The Labute approximate surface area is 119 Å². The number of hydrogen-bond donors (Lipinski definition) is 1. The van der Waals surface area contributed by atoms with Crippen molar-refractivity contribution in [1.82, 2.24) is 4.90 Å². The summed E-state index contributed by atoms with van der Waals surface area (Å²) < 4.78 is 6.29. The van der Waals surface area contributed by atoms with E-state index in [0.717, 1.165) is 11.0 Å². The van der Waals surface area contributed by atoms with Gasteiger partial charge < -0.3 is 9.52 Å². The summed E-state index contributed by atoms with van der Waals surface area (Å²) in [7, 11) is 1.96. The van der Waals surface area contributed by atoms with Gasteiger partial charge in [-0.2, -0.15) is 0 Å². The standard InChI is InChI=1S/C14H14BrNO3/c1-16(7-10-4-2-3-5-13(10)15)8-12-6-11(9-19-12)14(17)18/h2-6,9H,7-8H2,1H3,(H,17,18). The number of carbonyl (C=O) groups is 1. The van der Waals surface area contributed by atoms with E-state index in [2.05, 4.69) is 20.8 Å². The van der Waals surface area contributed by atoms with Gasteiger partial charge in [-0.1, -0.05) is 34.1 Å². The number of furan rings is 1. The second-order valence-electron chi connectivity index (χ2n) is 4.37. The van der Waals surface area contributed by atoms with Gasteiger partial charge in [0, 0.05) is 11.0 Å². The topological polar surface area (TPSA) is 53.7 Å². The largest absolute Gasteiger partial charge is 0.478 e. The number of carboxylic acids is 1. The molecule has 1 aromatic carbocycles. The third kappa shape index (κ3) is 3.68. The van der Waals surface area contributed by atoms with Crippen molar-refractivity contribution in [3.8, 4) is 0 Å². The van der Waals surface area contributed by atoms with Crippen LogP contribution in [0.25, 0.3) is 0 Å². The van der Waals surface area contributed by atoms with Crippen molar-refractivity contribution in [1.29, 1.82) is 0 Å². The van der Waals surface area contributed by atoms with Crippen molar-refractivity contribution in [3.63, 3.8) is 0 Å². The molecule has 2 aromatic rings. The van der Waals surface area contributed by atoms with Crippen LogP contribution in [0.2, 0.25) is 0 Å². The molecule has 0 amide bonds. The van der Waals surface area contributed by atoms with Crippen LogP contribution in [0.4, 0.5) is 0 Å². The Morgan fingerprint density at radius 3 is 2.74 bits per heavy atom. The summed E-state index contributed by atoms with van der Waals surface area (Å²) in [6.07, 6.45) is 1.27. The highest BCUT2D eigenvalue weighted by atomic mass is 79.9. The molecule has 0 spiro atoms. The maximum Gasteiger partial charge on any atom is 0.338 e. The zero-order valence-electron chi connectivity index (χ0n) is 10.5. The Balaban J connectivity index is 1.99. The van der Waals surface area contributed by atoms with Gasteiger partial charge in [-0.3, -0.25) is 4.90 Å². The minimum Gasteiger partial charge on any atom is -0.478 e. The number of hydrogen-bond acceptors (Lipinski definition) is 3. The first kappa shape index (κ1) is 13.8. The summed E-state index contributed by atoms with van der Waals surface area (Å²) in [5.74, 6) is -0.324. The summed E-state index contributed by atoms with van der Waals surface area (Å²) in [5.41, 5.74) is 1.36. The van der Waals surface area contributed by atoms with Gasteiger partial charge in [-0.05, 0) is 24.7 Å². The maximum atomic E-state index is 10.8. The van der Waals surface area contributed by atoms with E-state index in [9.17, 15) is 4.79 Å². The number of carboxylic acid groups (broad SMARTS) is 1. The van der Waals surface area contributed by atoms with E-state index in [4.69, 9.17) is 9.52 Å². The Kier molecular flexibility index (Phi) is 4.39. The number of rotatable bonds is 5. The lowest BCUT2D eigenvalue weighted by Gasteiger charge is -2.16. The molecule has 5 heteroatoms. The van der Waals surface area contributed by atoms with Gasteiger partial charge in [0.05, 0.1) is 12.1 Å². The van der Waals surface area contributed by atoms with Crippen molar-refractivity contribution in [2.24, 2.45) is 0 Å². The quantitative estimate of drug-likeness (QED) is 0.916. The third-order valence-corrected chi connectivity index (χ3v) is 3.50. The van der Waals surface area contributed by atoms with Crippen LogP contribution >= 0.6 is 15.9 Å². The van der Waals surface area contributed by atoms with E-state index in [-0.39, 0.29) is 5.56 Å². The fourth-order valence-corrected chi connectivity index (χ4v) is 2.23. The molecule has 100 valence electrons. The lowest BCUT2D eigenvalue weighted by molar-refractivity contribution is 0.0696. The number of nitrogens with zero attached hydrogens (tertiary/aromatic N) is 1. The molecule has 0 bridgehead atoms. The van der Waals surface area contributed by atoms with Crippen LogP contribution in [-0.2, 0) is 13.1 Å². The van der Waals surface area contributed by atoms with Crippen molar-refractivity contribution in [2.45, 2.75) is 13.1 Å². The van der Waals surface area contributed by atoms with Crippen LogP contribution in [0.5, 0.6) is 0 Å². The van der Waals surface area contributed by atoms with Crippen LogP contribution in [0, 0.1) is 0 Å². The van der Waals surface area contributed by atoms with Crippen LogP contribution in [0.15, 0.2) is 45.5 Å². The SMILES string of the molecule is CN(Cc1cc(C(=O)O)co1)Cc1ccccc1Br. The van der Waals surface area contributed by atoms with Gasteiger partial charge in [0.15, 0.2) is 0 Å². The van der Waals surface area contributed by atoms with Gasteiger partial charge in [-0.15, -0.1) is 0 Å². The fourth-order valence-electron chi connectivity index (χ4n) is 1.82. The van der Waals surface area contributed by atoms with E-state index >= 15 is 0 Å². The monoisotopic (exact) mass is 323 g/mol. The van der Waals surface area contributed by atoms with Crippen LogP contribution < -0.4 is 0 Å². The minimum absolute atomic E-state index is 0.185. The van der Waals surface area contributed by atoms with Gasteiger partial charge in [0.2, 0.25) is 0 Å². The zero-order valence-corrected chi connectivity index (χ0v) is 12.1. The lowest BCUT2D eigenvalue weighted by Crippen LogP contribution is -2.17. The average molecular weight is 324 g/mol. The highest BCUT2D eigenvalue weighted by Crippen LogP contribution is 2.18. The molecular formula is C14H14BrNO3. The van der Waals surface area contributed by atoms with E-state index in [1.165, 1.54) is 11.8 Å². The van der Waals surface area contributed by atoms with Gasteiger partial charge in [0.25, 0.3) is 0 Å². The van der Waals surface area contributed by atoms with E-state index in [1.54, 1.807) is 6.07 Å². The smallest absolute Gasteiger partial charge is 0.338 e. The number of halogens is 1. The molecule has 0 aliphatic heterocycles. The second-order valence-corrected chi connectivity index (χ2v) is 5.22.